The molecule has 1 aliphatic heterocycles. The van der Waals surface area contributed by atoms with E-state index in [1.807, 2.05) is 12.1 Å². The Labute approximate surface area is 193 Å². The molecule has 4 rings (SSSR count). The number of carbonyl (C=O) groups is 1. The minimum Gasteiger partial charge on any atom is -0.348 e. The summed E-state index contributed by atoms with van der Waals surface area (Å²) in [6.45, 7) is 3.62. The molecule has 2 heterocycles. The number of anilines is 1. The lowest BCUT2D eigenvalue weighted by atomic mass is 10.1. The second kappa shape index (κ2) is 9.85. The lowest BCUT2D eigenvalue weighted by Gasteiger charge is -2.19. The first-order valence-electron chi connectivity index (χ1n) is 10.6. The summed E-state index contributed by atoms with van der Waals surface area (Å²) < 4.78 is 26.9. The molecule has 1 aliphatic rings. The highest BCUT2D eigenvalue weighted by molar-refractivity contribution is 7.94. The third-order valence-corrected chi connectivity index (χ3v) is 8.91. The number of hydrogen-bond donors (Lipinski definition) is 1. The molecule has 32 heavy (non-hydrogen) atoms. The Morgan fingerprint density at radius 1 is 1.00 bits per heavy atom. The fraction of sp³-hybridized carbons (Fsp3) is 0.292. The highest BCUT2D eigenvalue weighted by Crippen LogP contribution is 2.25. The monoisotopic (exact) mass is 469 g/mol. The van der Waals surface area contributed by atoms with Gasteiger partial charge in [0.2, 0.25) is 0 Å². The lowest BCUT2D eigenvalue weighted by Crippen LogP contribution is -2.26. The quantitative estimate of drug-likeness (QED) is 0.539. The Kier molecular flexibility index (Phi) is 6.93. The maximum atomic E-state index is 12.7. The molecule has 0 atom stereocenters. The van der Waals surface area contributed by atoms with Crippen molar-refractivity contribution in [3.8, 4) is 0 Å². The van der Waals surface area contributed by atoms with Gasteiger partial charge in [-0.1, -0.05) is 30.3 Å². The standard InChI is InChI=1S/C24H27N3O3S2/c1-26(32(29,30)23-9-6-16-31-23)22-12-10-19(11-13-22)24(28)25-17-20-7-2-3-8-21(20)18-27-14-4-5-15-27/h2-3,6-13,16H,4-5,14-15,17-18H2,1H3,(H,25,28). The van der Waals surface area contributed by atoms with Gasteiger partial charge in [-0.25, -0.2) is 8.42 Å². The van der Waals surface area contributed by atoms with Crippen molar-refractivity contribution in [2.45, 2.75) is 30.1 Å². The zero-order valence-corrected chi connectivity index (χ0v) is 19.7. The van der Waals surface area contributed by atoms with E-state index in [0.717, 1.165) is 25.2 Å². The summed E-state index contributed by atoms with van der Waals surface area (Å²) in [6, 6.07) is 18.1. The van der Waals surface area contributed by atoms with Crippen molar-refractivity contribution in [2.24, 2.45) is 0 Å². The van der Waals surface area contributed by atoms with E-state index in [1.165, 1.54) is 41.1 Å². The van der Waals surface area contributed by atoms with Gasteiger partial charge in [0.15, 0.2) is 0 Å². The van der Waals surface area contributed by atoms with Gasteiger partial charge >= 0.3 is 0 Å². The fourth-order valence-electron chi connectivity index (χ4n) is 3.85. The predicted octanol–water partition coefficient (Wildman–Crippen LogP) is 4.10. The van der Waals surface area contributed by atoms with Crippen LogP contribution in [0.1, 0.15) is 34.3 Å². The Morgan fingerprint density at radius 3 is 2.34 bits per heavy atom. The third kappa shape index (κ3) is 5.03. The number of amides is 1. The van der Waals surface area contributed by atoms with Crippen molar-refractivity contribution in [1.82, 2.24) is 10.2 Å². The second-order valence-corrected chi connectivity index (χ2v) is 11.0. The molecule has 0 radical (unpaired) electrons. The van der Waals surface area contributed by atoms with Crippen molar-refractivity contribution in [3.63, 3.8) is 0 Å². The average Bonchev–Trinajstić information content (AvgIpc) is 3.53. The summed E-state index contributed by atoms with van der Waals surface area (Å²) in [5, 5.41) is 4.73. The van der Waals surface area contributed by atoms with Gasteiger partial charge in [-0.2, -0.15) is 0 Å². The summed E-state index contributed by atoms with van der Waals surface area (Å²) >= 11 is 1.18. The van der Waals surface area contributed by atoms with Crippen LogP contribution in [-0.4, -0.2) is 39.4 Å². The first-order chi connectivity index (χ1) is 15.4. The molecule has 0 aliphatic carbocycles. The number of thiophene rings is 1. The topological polar surface area (TPSA) is 69.7 Å². The van der Waals surface area contributed by atoms with Crippen LogP contribution in [0.25, 0.3) is 0 Å². The van der Waals surface area contributed by atoms with E-state index in [9.17, 15) is 13.2 Å². The average molecular weight is 470 g/mol. The van der Waals surface area contributed by atoms with Gasteiger partial charge in [0.05, 0.1) is 5.69 Å². The van der Waals surface area contributed by atoms with Crippen LogP contribution in [0, 0.1) is 0 Å². The van der Waals surface area contributed by atoms with Gasteiger partial charge in [0.1, 0.15) is 4.21 Å². The largest absolute Gasteiger partial charge is 0.348 e. The normalized spacial score (nSPS) is 14.4. The van der Waals surface area contributed by atoms with Crippen molar-refractivity contribution >= 4 is 33.0 Å². The SMILES string of the molecule is CN(c1ccc(C(=O)NCc2ccccc2CN2CCCC2)cc1)S(=O)(=O)c1cccs1. The first-order valence-corrected chi connectivity index (χ1v) is 13.0. The van der Waals surface area contributed by atoms with Crippen LogP contribution in [0.2, 0.25) is 0 Å². The van der Waals surface area contributed by atoms with Crippen molar-refractivity contribution in [2.75, 3.05) is 24.4 Å². The molecule has 3 aromatic rings. The zero-order chi connectivity index (χ0) is 22.6. The minimum absolute atomic E-state index is 0.184. The Hall–Kier alpha value is -2.68. The number of carbonyl (C=O) groups excluding carboxylic acids is 1. The molecule has 168 valence electrons. The highest BCUT2D eigenvalue weighted by Gasteiger charge is 2.22. The molecule has 0 saturated carbocycles. The molecule has 6 nitrogen and oxygen atoms in total. The molecular formula is C24H27N3O3S2. The van der Waals surface area contributed by atoms with Crippen LogP contribution in [0.3, 0.4) is 0 Å². The van der Waals surface area contributed by atoms with E-state index < -0.39 is 10.0 Å². The van der Waals surface area contributed by atoms with E-state index in [4.69, 9.17) is 0 Å². The third-order valence-electron chi connectivity index (χ3n) is 5.75. The molecule has 0 spiro atoms. The van der Waals surface area contributed by atoms with Crippen LogP contribution in [0.5, 0.6) is 0 Å². The lowest BCUT2D eigenvalue weighted by molar-refractivity contribution is 0.0950. The molecule has 1 fully saturated rings. The fourth-order valence-corrected chi connectivity index (χ4v) is 6.21. The summed E-state index contributed by atoms with van der Waals surface area (Å²) in [4.78, 5) is 15.1. The van der Waals surface area contributed by atoms with Gasteiger partial charge in [-0.3, -0.25) is 14.0 Å². The van der Waals surface area contributed by atoms with Crippen molar-refractivity contribution < 1.29 is 13.2 Å². The Bertz CT molecular complexity index is 1150. The molecule has 1 aromatic heterocycles. The number of benzene rings is 2. The smallest absolute Gasteiger partial charge is 0.273 e. The zero-order valence-electron chi connectivity index (χ0n) is 18.0. The van der Waals surface area contributed by atoms with E-state index in [-0.39, 0.29) is 10.1 Å². The van der Waals surface area contributed by atoms with Gasteiger partial charge in [0, 0.05) is 25.7 Å². The second-order valence-electron chi connectivity index (χ2n) is 7.89. The van der Waals surface area contributed by atoms with Gasteiger partial charge < -0.3 is 5.32 Å². The molecule has 1 saturated heterocycles. The van der Waals surface area contributed by atoms with Crippen LogP contribution in [-0.2, 0) is 23.1 Å². The van der Waals surface area contributed by atoms with Gasteiger partial charge in [-0.15, -0.1) is 11.3 Å². The van der Waals surface area contributed by atoms with Crippen LogP contribution in [0.15, 0.2) is 70.3 Å². The summed E-state index contributed by atoms with van der Waals surface area (Å²) in [5.41, 5.74) is 3.36. The summed E-state index contributed by atoms with van der Waals surface area (Å²) in [6.07, 6.45) is 2.50. The first kappa shape index (κ1) is 22.5. The maximum absolute atomic E-state index is 12.7. The van der Waals surface area contributed by atoms with Crippen LogP contribution < -0.4 is 9.62 Å². The summed E-state index contributed by atoms with van der Waals surface area (Å²) in [5.74, 6) is -0.184. The number of nitrogens with zero attached hydrogens (tertiary/aromatic N) is 2. The van der Waals surface area contributed by atoms with E-state index >= 15 is 0 Å². The van der Waals surface area contributed by atoms with Crippen molar-refractivity contribution in [1.29, 1.82) is 0 Å². The van der Waals surface area contributed by atoms with Gasteiger partial charge in [0.25, 0.3) is 15.9 Å². The van der Waals surface area contributed by atoms with E-state index in [2.05, 4.69) is 22.3 Å². The molecule has 1 amide bonds. The Balaban J connectivity index is 1.40. The molecule has 0 unspecified atom stereocenters. The number of likely N-dealkylation sites (tertiary alicyclic amines) is 1. The number of hydrogen-bond acceptors (Lipinski definition) is 5. The maximum Gasteiger partial charge on any atom is 0.273 e. The van der Waals surface area contributed by atoms with Crippen molar-refractivity contribution in [3.05, 3.63) is 82.7 Å². The van der Waals surface area contributed by atoms with Gasteiger partial charge in [-0.05, 0) is 72.8 Å². The molecule has 8 heteroatoms. The van der Waals surface area contributed by atoms with Crippen LogP contribution >= 0.6 is 11.3 Å². The predicted molar refractivity (Wildman–Crippen MR) is 128 cm³/mol. The minimum atomic E-state index is -3.60. The molecule has 0 bridgehead atoms. The Morgan fingerprint density at radius 2 is 1.69 bits per heavy atom. The van der Waals surface area contributed by atoms with Crippen LogP contribution in [0.4, 0.5) is 5.69 Å². The highest BCUT2D eigenvalue weighted by atomic mass is 32.2. The molecule has 2 aromatic carbocycles. The molecular weight excluding hydrogens is 442 g/mol. The van der Waals surface area contributed by atoms with E-state index in [1.54, 1.807) is 41.8 Å². The number of nitrogens with one attached hydrogen (secondary N) is 1. The number of rotatable bonds is 8. The number of sulfonamides is 1. The summed E-state index contributed by atoms with van der Waals surface area (Å²) in [7, 11) is -2.08. The molecule has 1 N–H and O–H groups in total. The van der Waals surface area contributed by atoms with E-state index in [0.29, 0.717) is 17.8 Å².